The second kappa shape index (κ2) is 7.62. The van der Waals surface area contributed by atoms with Crippen LogP contribution in [-0.2, 0) is 5.60 Å². The lowest BCUT2D eigenvalue weighted by molar-refractivity contribution is 0.0605. The first-order chi connectivity index (χ1) is 13.8. The highest BCUT2D eigenvalue weighted by Crippen LogP contribution is 2.37. The highest BCUT2D eigenvalue weighted by atomic mass is 32.1. The van der Waals surface area contributed by atoms with E-state index in [-0.39, 0.29) is 17.9 Å². The van der Waals surface area contributed by atoms with E-state index in [9.17, 15) is 9.90 Å². The van der Waals surface area contributed by atoms with Gasteiger partial charge in [0, 0.05) is 23.4 Å². The van der Waals surface area contributed by atoms with Gasteiger partial charge in [0.1, 0.15) is 5.60 Å². The number of aryl methyl sites for hydroxylation is 1. The third kappa shape index (κ3) is 3.86. The van der Waals surface area contributed by atoms with Crippen molar-refractivity contribution in [3.63, 3.8) is 0 Å². The number of hydrogen-bond acceptors (Lipinski definition) is 7. The van der Waals surface area contributed by atoms with Crippen LogP contribution >= 0.6 is 22.7 Å². The number of piperidine rings is 1. The molecule has 0 bridgehead atoms. The van der Waals surface area contributed by atoms with Gasteiger partial charge in [-0.1, -0.05) is 0 Å². The number of carbonyl (C=O) groups is 1. The number of aromatic nitrogens is 4. The fraction of sp³-hybridized carbons (Fsp3) is 0.500. The molecule has 1 saturated heterocycles. The predicted octanol–water partition coefficient (Wildman–Crippen LogP) is 3.73. The Kier molecular flexibility index (Phi) is 5.30. The van der Waals surface area contributed by atoms with Crippen molar-refractivity contribution in [2.45, 2.75) is 58.1 Å². The van der Waals surface area contributed by atoms with E-state index in [2.05, 4.69) is 17.1 Å². The summed E-state index contributed by atoms with van der Waals surface area (Å²) in [5.41, 5.74) is 0.406. The highest BCUT2D eigenvalue weighted by molar-refractivity contribution is 7.13. The number of nitrogens with zero attached hydrogens (tertiary/aromatic N) is 5. The third-order valence-corrected chi connectivity index (χ3v) is 7.37. The summed E-state index contributed by atoms with van der Waals surface area (Å²) in [7, 11) is 0. The molecule has 0 aliphatic carbocycles. The Morgan fingerprint density at radius 2 is 2.00 bits per heavy atom. The molecule has 1 fully saturated rings. The molecule has 4 rings (SSSR count). The second-order valence-corrected chi connectivity index (χ2v) is 10.2. The molecule has 9 heteroatoms. The molecule has 3 aromatic rings. The number of aliphatic hydroxyl groups is 1. The zero-order valence-electron chi connectivity index (χ0n) is 17.0. The van der Waals surface area contributed by atoms with Crippen molar-refractivity contribution in [1.82, 2.24) is 24.9 Å². The number of carbonyl (C=O) groups excluding carboxylic acids is 1. The Labute approximate surface area is 178 Å². The second-order valence-electron chi connectivity index (χ2n) is 8.05. The average Bonchev–Trinajstić information content (AvgIpc) is 3.40. The van der Waals surface area contributed by atoms with Gasteiger partial charge in [-0.15, -0.1) is 27.5 Å². The van der Waals surface area contributed by atoms with Gasteiger partial charge in [-0.2, -0.15) is 10.2 Å². The molecule has 0 radical (unpaired) electrons. The van der Waals surface area contributed by atoms with E-state index < -0.39 is 5.60 Å². The van der Waals surface area contributed by atoms with Crippen molar-refractivity contribution in [2.24, 2.45) is 0 Å². The van der Waals surface area contributed by atoms with Gasteiger partial charge < -0.3 is 10.0 Å². The molecule has 0 unspecified atom stereocenters. The molecule has 154 valence electrons. The molecule has 2 atom stereocenters. The standard InChI is InChI=1S/C20H25N5O2S2/c1-12-5-6-14(17-23-16(13(2)29-17)20(3,4)27)11-24(12)18(26)15-7-10-28-19(15)25-21-8-9-22-25/h7-10,12,14,27H,5-6,11H2,1-4H3/t12-,14-/m1/s1. The van der Waals surface area contributed by atoms with Gasteiger partial charge in [-0.25, -0.2) is 4.98 Å². The van der Waals surface area contributed by atoms with Crippen LogP contribution in [0, 0.1) is 6.92 Å². The number of thiophene rings is 1. The molecule has 7 nitrogen and oxygen atoms in total. The maximum Gasteiger partial charge on any atom is 0.257 e. The first-order valence-electron chi connectivity index (χ1n) is 9.71. The van der Waals surface area contributed by atoms with Crippen LogP contribution in [0.1, 0.15) is 65.5 Å². The Hall–Kier alpha value is -2.10. The molecule has 1 N–H and O–H groups in total. The molecule has 1 amide bonds. The van der Waals surface area contributed by atoms with E-state index in [0.29, 0.717) is 12.1 Å². The lowest BCUT2D eigenvalue weighted by Gasteiger charge is -2.37. The van der Waals surface area contributed by atoms with E-state index in [1.54, 1.807) is 37.6 Å². The summed E-state index contributed by atoms with van der Waals surface area (Å²) in [6.45, 7) is 8.25. The van der Waals surface area contributed by atoms with E-state index in [1.165, 1.54) is 16.1 Å². The van der Waals surface area contributed by atoms with Crippen molar-refractivity contribution in [2.75, 3.05) is 6.54 Å². The number of likely N-dealkylation sites (tertiary alicyclic amines) is 1. The van der Waals surface area contributed by atoms with Crippen LogP contribution < -0.4 is 0 Å². The highest BCUT2D eigenvalue weighted by Gasteiger charge is 2.34. The van der Waals surface area contributed by atoms with Gasteiger partial charge in [0.15, 0.2) is 5.00 Å². The summed E-state index contributed by atoms with van der Waals surface area (Å²) in [6, 6.07) is 2.01. The lowest BCUT2D eigenvalue weighted by atomic mass is 9.93. The SMILES string of the molecule is Cc1sc([C@@H]2CC[C@@H](C)N(C(=O)c3ccsc3-n3nccn3)C2)nc1C(C)(C)O. The molecular weight excluding hydrogens is 406 g/mol. The Bertz CT molecular complexity index is 1000. The summed E-state index contributed by atoms with van der Waals surface area (Å²) in [6.07, 6.45) is 5.13. The Morgan fingerprint density at radius 1 is 1.28 bits per heavy atom. The Morgan fingerprint density at radius 3 is 2.66 bits per heavy atom. The molecule has 0 saturated carbocycles. The fourth-order valence-corrected chi connectivity index (χ4v) is 5.85. The quantitative estimate of drug-likeness (QED) is 0.680. The number of rotatable bonds is 4. The minimum Gasteiger partial charge on any atom is -0.384 e. The summed E-state index contributed by atoms with van der Waals surface area (Å²) in [5, 5.41) is 22.4. The van der Waals surface area contributed by atoms with Crippen molar-refractivity contribution >= 4 is 28.6 Å². The number of thiazole rings is 1. The van der Waals surface area contributed by atoms with Crippen LogP contribution in [0.4, 0.5) is 0 Å². The summed E-state index contributed by atoms with van der Waals surface area (Å²) < 4.78 is 0. The lowest BCUT2D eigenvalue weighted by Crippen LogP contribution is -2.45. The summed E-state index contributed by atoms with van der Waals surface area (Å²) in [5.74, 6) is 0.187. The summed E-state index contributed by atoms with van der Waals surface area (Å²) in [4.78, 5) is 22.6. The molecule has 4 heterocycles. The molecular formula is C20H25N5O2S2. The van der Waals surface area contributed by atoms with Gasteiger partial charge in [0.25, 0.3) is 5.91 Å². The molecule has 1 aliphatic rings. The minimum absolute atomic E-state index is 0.00624. The minimum atomic E-state index is -0.960. The zero-order valence-corrected chi connectivity index (χ0v) is 18.6. The molecule has 3 aromatic heterocycles. The van der Waals surface area contributed by atoms with Crippen LogP contribution in [-0.4, -0.2) is 48.5 Å². The van der Waals surface area contributed by atoms with Gasteiger partial charge >= 0.3 is 0 Å². The molecule has 0 aromatic carbocycles. The van der Waals surface area contributed by atoms with Gasteiger partial charge in [0.2, 0.25) is 0 Å². The van der Waals surface area contributed by atoms with E-state index in [0.717, 1.165) is 33.4 Å². The van der Waals surface area contributed by atoms with Crippen molar-refractivity contribution in [3.05, 3.63) is 45.0 Å². The van der Waals surface area contributed by atoms with Crippen LogP contribution in [0.2, 0.25) is 0 Å². The first-order valence-corrected chi connectivity index (χ1v) is 11.4. The van der Waals surface area contributed by atoms with Gasteiger partial charge in [0.05, 0.1) is 28.7 Å². The Balaban J connectivity index is 1.59. The van der Waals surface area contributed by atoms with Crippen molar-refractivity contribution in [1.29, 1.82) is 0 Å². The molecule has 0 spiro atoms. The van der Waals surface area contributed by atoms with Crippen molar-refractivity contribution < 1.29 is 9.90 Å². The summed E-state index contributed by atoms with van der Waals surface area (Å²) >= 11 is 3.09. The fourth-order valence-electron chi connectivity index (χ4n) is 3.84. The average molecular weight is 432 g/mol. The van der Waals surface area contributed by atoms with Gasteiger partial charge in [-0.3, -0.25) is 4.79 Å². The normalized spacial score (nSPS) is 20.2. The topological polar surface area (TPSA) is 84.1 Å². The predicted molar refractivity (Wildman–Crippen MR) is 114 cm³/mol. The number of hydrogen-bond donors (Lipinski definition) is 1. The van der Waals surface area contributed by atoms with E-state index in [1.807, 2.05) is 23.3 Å². The van der Waals surface area contributed by atoms with Crippen LogP contribution in [0.5, 0.6) is 0 Å². The molecule has 1 aliphatic heterocycles. The monoisotopic (exact) mass is 431 g/mol. The third-order valence-electron chi connectivity index (χ3n) is 5.36. The van der Waals surface area contributed by atoms with Gasteiger partial charge in [-0.05, 0) is 52.0 Å². The maximum atomic E-state index is 13.4. The maximum absolute atomic E-state index is 13.4. The first kappa shape index (κ1) is 20.2. The van der Waals surface area contributed by atoms with Crippen LogP contribution in [0.25, 0.3) is 5.00 Å². The van der Waals surface area contributed by atoms with Crippen molar-refractivity contribution in [3.8, 4) is 5.00 Å². The van der Waals surface area contributed by atoms with Crippen LogP contribution in [0.3, 0.4) is 0 Å². The molecule has 29 heavy (non-hydrogen) atoms. The van der Waals surface area contributed by atoms with E-state index >= 15 is 0 Å². The van der Waals surface area contributed by atoms with Crippen LogP contribution in [0.15, 0.2) is 23.8 Å². The van der Waals surface area contributed by atoms with E-state index in [4.69, 9.17) is 4.98 Å². The largest absolute Gasteiger partial charge is 0.384 e. The zero-order chi connectivity index (χ0) is 20.8. The smallest absolute Gasteiger partial charge is 0.257 e. The number of amides is 1.